The molecule has 0 amide bonds. The van der Waals surface area contributed by atoms with Gasteiger partial charge in [-0.25, -0.2) is 0 Å². The molecule has 0 heterocycles. The Morgan fingerprint density at radius 3 is 2.11 bits per heavy atom. The third kappa shape index (κ3) is 3.86. The van der Waals surface area contributed by atoms with Crippen molar-refractivity contribution in [1.29, 1.82) is 0 Å². The van der Waals surface area contributed by atoms with Crippen molar-refractivity contribution in [2.45, 2.75) is 39.4 Å². The molecular weight excluding hydrogens is 271 g/mol. The Morgan fingerprint density at radius 1 is 1.22 bits per heavy atom. The monoisotopic (exact) mass is 290 g/mol. The molecule has 0 spiro atoms. The van der Waals surface area contributed by atoms with E-state index < -0.39 is 6.10 Å². The van der Waals surface area contributed by atoms with E-state index in [9.17, 15) is 5.11 Å². The van der Waals surface area contributed by atoms with Crippen molar-refractivity contribution in [3.05, 3.63) is 33.8 Å². The summed E-state index contributed by atoms with van der Waals surface area (Å²) in [4.78, 5) is 0. The Hall–Kier alpha value is -0.280. The van der Waals surface area contributed by atoms with E-state index in [-0.39, 0.29) is 11.5 Å². The largest absolute Gasteiger partial charge is 0.390 e. The van der Waals surface area contributed by atoms with Crippen molar-refractivity contribution in [1.82, 2.24) is 0 Å². The summed E-state index contributed by atoms with van der Waals surface area (Å²) in [5.74, 6) is 0. The van der Waals surface area contributed by atoms with Crippen LogP contribution < -0.4 is 0 Å². The fourth-order valence-corrected chi connectivity index (χ4v) is 2.68. The van der Waals surface area contributed by atoms with E-state index in [1.165, 1.54) is 0 Å². The first kappa shape index (κ1) is 15.8. The lowest BCUT2D eigenvalue weighted by Gasteiger charge is -2.33. The second-order valence-corrected chi connectivity index (χ2v) is 6.31. The molecule has 1 aromatic carbocycles. The van der Waals surface area contributed by atoms with Crippen LogP contribution in [0.1, 0.15) is 26.3 Å². The Balaban J connectivity index is 2.90. The molecule has 1 aromatic rings. The van der Waals surface area contributed by atoms with Crippen LogP contribution >= 0.6 is 23.2 Å². The maximum Gasteiger partial charge on any atom is 0.0881 e. The number of hydrogen-bond acceptors (Lipinski definition) is 2. The van der Waals surface area contributed by atoms with Gasteiger partial charge in [-0.15, -0.1) is 0 Å². The van der Waals surface area contributed by atoms with Crippen molar-refractivity contribution in [2.75, 3.05) is 7.11 Å². The lowest BCUT2D eigenvalue weighted by molar-refractivity contribution is -0.0698. The zero-order valence-electron chi connectivity index (χ0n) is 11.2. The highest BCUT2D eigenvalue weighted by molar-refractivity contribution is 6.35. The van der Waals surface area contributed by atoms with E-state index in [4.69, 9.17) is 27.9 Å². The third-order valence-corrected chi connectivity index (χ3v) is 3.64. The summed E-state index contributed by atoms with van der Waals surface area (Å²) in [5.41, 5.74) is 0.613. The SMILES string of the molecule is COC(C(O)Cc1c(Cl)cccc1Cl)C(C)(C)C. The third-order valence-electron chi connectivity index (χ3n) is 2.93. The number of halogens is 2. The summed E-state index contributed by atoms with van der Waals surface area (Å²) in [7, 11) is 1.60. The Kier molecular flexibility index (Phi) is 5.47. The van der Waals surface area contributed by atoms with Gasteiger partial charge in [0.15, 0.2) is 0 Å². The van der Waals surface area contributed by atoms with Crippen LogP contribution in [0.4, 0.5) is 0 Å². The van der Waals surface area contributed by atoms with Gasteiger partial charge >= 0.3 is 0 Å². The van der Waals surface area contributed by atoms with E-state index in [0.29, 0.717) is 16.5 Å². The molecule has 0 radical (unpaired) electrons. The maximum atomic E-state index is 10.3. The van der Waals surface area contributed by atoms with Crippen LogP contribution in [0, 0.1) is 5.41 Å². The molecule has 0 saturated carbocycles. The number of aliphatic hydroxyl groups excluding tert-OH is 1. The van der Waals surface area contributed by atoms with Crippen molar-refractivity contribution in [3.8, 4) is 0 Å². The molecule has 2 unspecified atom stereocenters. The number of hydrogen-bond donors (Lipinski definition) is 1. The summed E-state index contributed by atoms with van der Waals surface area (Å²) in [6.07, 6.45) is -0.536. The molecule has 2 nitrogen and oxygen atoms in total. The highest BCUT2D eigenvalue weighted by Gasteiger charge is 2.31. The second kappa shape index (κ2) is 6.25. The maximum absolute atomic E-state index is 10.3. The van der Waals surface area contributed by atoms with Crippen LogP contribution in [0.5, 0.6) is 0 Å². The molecule has 1 rings (SSSR count). The van der Waals surface area contributed by atoms with Crippen molar-refractivity contribution < 1.29 is 9.84 Å². The minimum atomic E-state index is -0.646. The smallest absolute Gasteiger partial charge is 0.0881 e. The molecule has 0 aliphatic carbocycles. The van der Waals surface area contributed by atoms with Gasteiger partial charge in [-0.1, -0.05) is 50.0 Å². The normalized spacial score (nSPS) is 15.5. The summed E-state index contributed by atoms with van der Waals surface area (Å²) < 4.78 is 5.39. The first-order valence-corrected chi connectivity index (χ1v) is 6.66. The topological polar surface area (TPSA) is 29.5 Å². The van der Waals surface area contributed by atoms with E-state index in [1.54, 1.807) is 25.3 Å². The predicted octanol–water partition coefficient (Wildman–Crippen LogP) is 3.96. The lowest BCUT2D eigenvalue weighted by Crippen LogP contribution is -2.40. The lowest BCUT2D eigenvalue weighted by atomic mass is 9.84. The minimum Gasteiger partial charge on any atom is -0.390 e. The summed E-state index contributed by atoms with van der Waals surface area (Å²) in [6, 6.07) is 5.33. The number of rotatable bonds is 4. The molecule has 0 saturated heterocycles. The molecule has 0 aromatic heterocycles. The predicted molar refractivity (Wildman–Crippen MR) is 76.4 cm³/mol. The molecule has 102 valence electrons. The average Bonchev–Trinajstić information content (AvgIpc) is 2.22. The average molecular weight is 291 g/mol. The highest BCUT2D eigenvalue weighted by Crippen LogP contribution is 2.30. The van der Waals surface area contributed by atoms with Gasteiger partial charge in [0.25, 0.3) is 0 Å². The first-order chi connectivity index (χ1) is 8.27. The molecule has 0 aliphatic heterocycles. The summed E-state index contributed by atoms with van der Waals surface area (Å²) in [6.45, 7) is 6.08. The second-order valence-electron chi connectivity index (χ2n) is 5.49. The molecule has 0 aliphatic rings. The standard InChI is InChI=1S/C14H20Cl2O2/c1-14(2,3)13(18-4)12(17)8-9-10(15)6-5-7-11(9)16/h5-7,12-13,17H,8H2,1-4H3. The first-order valence-electron chi connectivity index (χ1n) is 5.91. The Bertz CT molecular complexity index is 379. The fraction of sp³-hybridized carbons (Fsp3) is 0.571. The van der Waals surface area contributed by atoms with Crippen LogP contribution in [-0.4, -0.2) is 24.4 Å². The van der Waals surface area contributed by atoms with Gasteiger partial charge < -0.3 is 9.84 Å². The molecule has 4 heteroatoms. The molecule has 0 fully saturated rings. The van der Waals surface area contributed by atoms with Crippen LogP contribution in [0.3, 0.4) is 0 Å². The summed E-state index contributed by atoms with van der Waals surface area (Å²) in [5, 5.41) is 11.5. The van der Waals surface area contributed by atoms with Crippen molar-refractivity contribution in [2.24, 2.45) is 5.41 Å². The fourth-order valence-electron chi connectivity index (χ4n) is 2.13. The van der Waals surface area contributed by atoms with E-state index in [2.05, 4.69) is 0 Å². The number of aliphatic hydroxyl groups is 1. The van der Waals surface area contributed by atoms with E-state index in [0.717, 1.165) is 5.56 Å². The van der Waals surface area contributed by atoms with Gasteiger partial charge in [0.1, 0.15) is 0 Å². The zero-order chi connectivity index (χ0) is 13.9. The molecule has 2 atom stereocenters. The van der Waals surface area contributed by atoms with Gasteiger partial charge in [-0.05, 0) is 23.1 Å². The molecule has 1 N–H and O–H groups in total. The number of ether oxygens (including phenoxy) is 1. The van der Waals surface area contributed by atoms with Crippen LogP contribution in [0.15, 0.2) is 18.2 Å². The van der Waals surface area contributed by atoms with Crippen molar-refractivity contribution in [3.63, 3.8) is 0 Å². The van der Waals surface area contributed by atoms with Crippen LogP contribution in [0.2, 0.25) is 10.0 Å². The molecule has 18 heavy (non-hydrogen) atoms. The van der Waals surface area contributed by atoms with Gasteiger partial charge in [-0.3, -0.25) is 0 Å². The van der Waals surface area contributed by atoms with Crippen molar-refractivity contribution >= 4 is 23.2 Å². The minimum absolute atomic E-state index is 0.151. The van der Waals surface area contributed by atoms with Gasteiger partial charge in [0.05, 0.1) is 12.2 Å². The van der Waals surface area contributed by atoms with Crippen LogP contribution in [0.25, 0.3) is 0 Å². The zero-order valence-corrected chi connectivity index (χ0v) is 12.7. The van der Waals surface area contributed by atoms with Gasteiger partial charge in [0.2, 0.25) is 0 Å². The summed E-state index contributed by atoms with van der Waals surface area (Å²) >= 11 is 12.2. The highest BCUT2D eigenvalue weighted by atomic mass is 35.5. The Morgan fingerprint density at radius 2 is 1.72 bits per heavy atom. The molecular formula is C14H20Cl2O2. The molecule has 0 bridgehead atoms. The van der Waals surface area contributed by atoms with Gasteiger partial charge in [-0.2, -0.15) is 0 Å². The van der Waals surface area contributed by atoms with E-state index in [1.807, 2.05) is 20.8 Å². The quantitative estimate of drug-likeness (QED) is 0.910. The number of benzene rings is 1. The van der Waals surface area contributed by atoms with Gasteiger partial charge in [0, 0.05) is 23.6 Å². The van der Waals surface area contributed by atoms with Crippen LogP contribution in [-0.2, 0) is 11.2 Å². The number of methoxy groups -OCH3 is 1. The van der Waals surface area contributed by atoms with E-state index >= 15 is 0 Å². The Labute approximate surface area is 119 Å².